The molecule has 2 N–H and O–H groups in total. The summed E-state index contributed by atoms with van der Waals surface area (Å²) < 4.78 is 11.9. The largest absolute Gasteiger partial charge is 0.399 e. The molecule has 17 heavy (non-hydrogen) atoms. The van der Waals surface area contributed by atoms with Crippen LogP contribution >= 0.6 is 0 Å². The maximum Gasteiger partial charge on any atom is 0.0489 e. The predicted molar refractivity (Wildman–Crippen MR) is 72.8 cm³/mol. The Bertz CT molecular complexity index is 493. The van der Waals surface area contributed by atoms with Crippen LogP contribution in [-0.2, 0) is 22.3 Å². The minimum atomic E-state index is -0.869. The molecule has 0 saturated carbocycles. The molecule has 3 heteroatoms. The maximum absolute atomic E-state index is 11.9. The number of benzene rings is 2. The Labute approximate surface area is 104 Å². The first-order valence-electron chi connectivity index (χ1n) is 5.47. The van der Waals surface area contributed by atoms with Crippen molar-refractivity contribution in [3.05, 3.63) is 65.7 Å². The minimum absolute atomic E-state index is 0.579. The van der Waals surface area contributed by atoms with Gasteiger partial charge in [-0.15, -0.1) is 0 Å². The van der Waals surface area contributed by atoms with Crippen molar-refractivity contribution in [3.63, 3.8) is 0 Å². The molecule has 0 saturated heterocycles. The summed E-state index contributed by atoms with van der Waals surface area (Å²) >= 11 is 0. The zero-order chi connectivity index (χ0) is 12.1. The van der Waals surface area contributed by atoms with Crippen molar-refractivity contribution < 1.29 is 4.21 Å². The number of nitrogen functional groups attached to an aromatic ring is 1. The van der Waals surface area contributed by atoms with Crippen LogP contribution in [0.3, 0.4) is 0 Å². The lowest BCUT2D eigenvalue weighted by atomic mass is 10.2. The summed E-state index contributed by atoms with van der Waals surface area (Å²) in [5.74, 6) is 1.18. The summed E-state index contributed by atoms with van der Waals surface area (Å²) in [5.41, 5.74) is 8.52. The summed E-state index contributed by atoms with van der Waals surface area (Å²) in [7, 11) is -0.869. The van der Waals surface area contributed by atoms with E-state index in [9.17, 15) is 4.21 Å². The van der Waals surface area contributed by atoms with E-state index in [1.807, 2.05) is 54.6 Å². The van der Waals surface area contributed by atoms with E-state index in [2.05, 4.69) is 0 Å². The predicted octanol–water partition coefficient (Wildman–Crippen LogP) is 2.72. The Balaban J connectivity index is 1.96. The number of hydrogen-bond acceptors (Lipinski definition) is 2. The van der Waals surface area contributed by atoms with Crippen molar-refractivity contribution in [3.8, 4) is 0 Å². The van der Waals surface area contributed by atoms with E-state index in [1.165, 1.54) is 0 Å². The van der Waals surface area contributed by atoms with Crippen LogP contribution in [0.1, 0.15) is 11.1 Å². The minimum Gasteiger partial charge on any atom is -0.399 e. The molecular weight excluding hydrogens is 230 g/mol. The first kappa shape index (κ1) is 11.9. The van der Waals surface area contributed by atoms with E-state index in [4.69, 9.17) is 5.73 Å². The van der Waals surface area contributed by atoms with Crippen LogP contribution in [-0.4, -0.2) is 4.21 Å². The third kappa shape index (κ3) is 3.71. The lowest BCUT2D eigenvalue weighted by Gasteiger charge is -2.03. The highest BCUT2D eigenvalue weighted by atomic mass is 32.2. The fraction of sp³-hybridized carbons (Fsp3) is 0.143. The molecule has 88 valence electrons. The fourth-order valence-electron chi connectivity index (χ4n) is 1.61. The molecule has 0 aliphatic carbocycles. The summed E-state index contributed by atoms with van der Waals surface area (Å²) in [5, 5.41) is 0. The highest BCUT2D eigenvalue weighted by molar-refractivity contribution is 7.83. The van der Waals surface area contributed by atoms with Crippen molar-refractivity contribution in [1.29, 1.82) is 0 Å². The van der Waals surface area contributed by atoms with Gasteiger partial charge in [0, 0.05) is 28.0 Å². The zero-order valence-corrected chi connectivity index (χ0v) is 10.3. The van der Waals surface area contributed by atoms with Gasteiger partial charge >= 0.3 is 0 Å². The molecule has 2 aromatic rings. The fourth-order valence-corrected chi connectivity index (χ4v) is 2.84. The van der Waals surface area contributed by atoms with Gasteiger partial charge < -0.3 is 5.73 Å². The normalized spacial score (nSPS) is 12.2. The molecule has 0 amide bonds. The lowest BCUT2D eigenvalue weighted by molar-refractivity contribution is 0.682. The average molecular weight is 245 g/mol. The van der Waals surface area contributed by atoms with Crippen molar-refractivity contribution in [2.24, 2.45) is 0 Å². The van der Waals surface area contributed by atoms with E-state index in [-0.39, 0.29) is 0 Å². The van der Waals surface area contributed by atoms with E-state index < -0.39 is 10.8 Å². The molecule has 0 heterocycles. The van der Waals surface area contributed by atoms with Gasteiger partial charge in [-0.05, 0) is 23.3 Å². The SMILES string of the molecule is Nc1ccc(CS(=O)Cc2ccccc2)cc1. The van der Waals surface area contributed by atoms with Gasteiger partial charge in [-0.3, -0.25) is 4.21 Å². The number of rotatable bonds is 4. The smallest absolute Gasteiger partial charge is 0.0489 e. The average Bonchev–Trinajstić information content (AvgIpc) is 2.33. The molecule has 2 rings (SSSR count). The van der Waals surface area contributed by atoms with Gasteiger partial charge in [-0.25, -0.2) is 0 Å². The van der Waals surface area contributed by atoms with E-state index in [0.29, 0.717) is 11.5 Å². The van der Waals surface area contributed by atoms with E-state index >= 15 is 0 Å². The van der Waals surface area contributed by atoms with Gasteiger partial charge in [0.1, 0.15) is 0 Å². The Hall–Kier alpha value is -1.61. The van der Waals surface area contributed by atoms with Crippen molar-refractivity contribution in [1.82, 2.24) is 0 Å². The third-order valence-electron chi connectivity index (χ3n) is 2.48. The molecule has 0 spiro atoms. The first-order chi connectivity index (χ1) is 8.24. The molecule has 0 aromatic heterocycles. The van der Waals surface area contributed by atoms with Crippen LogP contribution in [0.25, 0.3) is 0 Å². The summed E-state index contributed by atoms with van der Waals surface area (Å²) in [4.78, 5) is 0. The van der Waals surface area contributed by atoms with Crippen LogP contribution in [0.5, 0.6) is 0 Å². The Morgan fingerprint density at radius 1 is 0.824 bits per heavy atom. The lowest BCUT2D eigenvalue weighted by Crippen LogP contribution is -1.99. The van der Waals surface area contributed by atoms with Gasteiger partial charge in [0.15, 0.2) is 0 Å². The topological polar surface area (TPSA) is 43.1 Å². The van der Waals surface area contributed by atoms with Gasteiger partial charge in [0.25, 0.3) is 0 Å². The van der Waals surface area contributed by atoms with Crippen LogP contribution in [0.4, 0.5) is 5.69 Å². The molecule has 0 radical (unpaired) electrons. The Morgan fingerprint density at radius 2 is 1.35 bits per heavy atom. The highest BCUT2D eigenvalue weighted by Crippen LogP contribution is 2.11. The molecule has 0 bridgehead atoms. The van der Waals surface area contributed by atoms with Crippen LogP contribution < -0.4 is 5.73 Å². The van der Waals surface area contributed by atoms with Crippen LogP contribution in [0.2, 0.25) is 0 Å². The monoisotopic (exact) mass is 245 g/mol. The number of anilines is 1. The van der Waals surface area contributed by atoms with Crippen molar-refractivity contribution in [2.75, 3.05) is 5.73 Å². The van der Waals surface area contributed by atoms with Gasteiger partial charge in [-0.1, -0.05) is 42.5 Å². The van der Waals surface area contributed by atoms with Crippen LogP contribution in [0.15, 0.2) is 54.6 Å². The molecule has 2 nitrogen and oxygen atoms in total. The van der Waals surface area contributed by atoms with E-state index in [1.54, 1.807) is 0 Å². The molecule has 0 aliphatic rings. The van der Waals surface area contributed by atoms with Gasteiger partial charge in [0.05, 0.1) is 0 Å². The summed E-state index contributed by atoms with van der Waals surface area (Å²) in [6.45, 7) is 0. The third-order valence-corrected chi connectivity index (χ3v) is 3.79. The second kappa shape index (κ2) is 5.64. The molecule has 0 aliphatic heterocycles. The maximum atomic E-state index is 11.9. The molecular formula is C14H15NOS. The molecule has 0 fully saturated rings. The highest BCUT2D eigenvalue weighted by Gasteiger charge is 2.03. The first-order valence-corrected chi connectivity index (χ1v) is 6.96. The molecule has 1 atom stereocenters. The summed E-state index contributed by atoms with van der Waals surface area (Å²) in [6.07, 6.45) is 0. The zero-order valence-electron chi connectivity index (χ0n) is 9.50. The van der Waals surface area contributed by atoms with Crippen molar-refractivity contribution >= 4 is 16.5 Å². The second-order valence-electron chi connectivity index (χ2n) is 3.96. The van der Waals surface area contributed by atoms with Gasteiger partial charge in [-0.2, -0.15) is 0 Å². The Kier molecular flexibility index (Phi) is 3.94. The standard InChI is InChI=1S/C14H15NOS/c15-14-8-6-13(7-9-14)11-17(16)10-12-4-2-1-3-5-12/h1-9H,10-11,15H2. The quantitative estimate of drug-likeness (QED) is 0.842. The number of nitrogens with two attached hydrogens (primary N) is 1. The molecule has 2 aromatic carbocycles. The summed E-state index contributed by atoms with van der Waals surface area (Å²) in [6, 6.07) is 17.4. The second-order valence-corrected chi connectivity index (χ2v) is 5.41. The van der Waals surface area contributed by atoms with Crippen molar-refractivity contribution in [2.45, 2.75) is 11.5 Å². The van der Waals surface area contributed by atoms with E-state index in [0.717, 1.165) is 16.8 Å². The molecule has 1 unspecified atom stereocenters. The number of hydrogen-bond donors (Lipinski definition) is 1. The van der Waals surface area contributed by atoms with Crippen LogP contribution in [0, 0.1) is 0 Å². The Morgan fingerprint density at radius 3 is 1.94 bits per heavy atom. The van der Waals surface area contributed by atoms with Gasteiger partial charge in [0.2, 0.25) is 0 Å².